The third kappa shape index (κ3) is 1.86. The van der Waals surface area contributed by atoms with Crippen molar-refractivity contribution in [3.05, 3.63) is 34.1 Å². The molecule has 1 aromatic carbocycles. The number of halogens is 4. The van der Waals surface area contributed by atoms with Crippen molar-refractivity contribution >= 4 is 11.6 Å². The lowest BCUT2D eigenvalue weighted by Gasteiger charge is -2.12. The second-order valence-electron chi connectivity index (χ2n) is 2.97. The Morgan fingerprint density at radius 3 is 2.43 bits per heavy atom. The van der Waals surface area contributed by atoms with E-state index in [1.807, 2.05) is 0 Å². The van der Waals surface area contributed by atoms with Crippen LogP contribution < -0.4 is 0 Å². The maximum atomic E-state index is 13.2. The first-order valence-electron chi connectivity index (χ1n) is 3.92. The molecule has 14 heavy (non-hydrogen) atoms. The average Bonchev–Trinajstić information content (AvgIpc) is 2.14. The molecule has 78 valence electrons. The minimum absolute atomic E-state index is 0.390. The number of aliphatic hydroxyl groups is 1. The molecule has 0 aromatic heterocycles. The quantitative estimate of drug-likeness (QED) is 0.605. The zero-order valence-corrected chi connectivity index (χ0v) is 8.08. The van der Waals surface area contributed by atoms with Crippen LogP contribution in [0.25, 0.3) is 0 Å². The summed E-state index contributed by atoms with van der Waals surface area (Å²) in [5.74, 6) is -4.08. The normalized spacial score (nSPS) is 13.0. The SMILES string of the molecule is CC(CO)c1c(F)cc(F)c(Cl)c1F. The second kappa shape index (κ2) is 4.19. The number of hydrogen-bond donors (Lipinski definition) is 1. The molecule has 0 radical (unpaired) electrons. The minimum Gasteiger partial charge on any atom is -0.396 e. The van der Waals surface area contributed by atoms with Crippen LogP contribution in [-0.2, 0) is 0 Å². The molecule has 0 saturated carbocycles. The lowest BCUT2D eigenvalue weighted by Crippen LogP contribution is -2.07. The Bertz CT molecular complexity index is 354. The van der Waals surface area contributed by atoms with Gasteiger partial charge in [-0.2, -0.15) is 0 Å². The lowest BCUT2D eigenvalue weighted by atomic mass is 10.0. The van der Waals surface area contributed by atoms with Crippen molar-refractivity contribution < 1.29 is 18.3 Å². The fourth-order valence-corrected chi connectivity index (χ4v) is 1.28. The molecule has 0 aliphatic rings. The van der Waals surface area contributed by atoms with Crippen molar-refractivity contribution in [2.45, 2.75) is 12.8 Å². The molecule has 0 aliphatic carbocycles. The zero-order chi connectivity index (χ0) is 10.9. The van der Waals surface area contributed by atoms with Crippen molar-refractivity contribution in [1.82, 2.24) is 0 Å². The first-order chi connectivity index (χ1) is 6.49. The minimum atomic E-state index is -1.15. The largest absolute Gasteiger partial charge is 0.396 e. The van der Waals surface area contributed by atoms with Crippen LogP contribution in [0.5, 0.6) is 0 Å². The van der Waals surface area contributed by atoms with Gasteiger partial charge in [0.05, 0.1) is 0 Å². The van der Waals surface area contributed by atoms with E-state index < -0.39 is 35.0 Å². The van der Waals surface area contributed by atoms with Crippen molar-refractivity contribution in [1.29, 1.82) is 0 Å². The maximum absolute atomic E-state index is 13.2. The standard InChI is InChI=1S/C9H8ClF3O/c1-4(3-14)7-5(11)2-6(12)8(10)9(7)13/h2,4,14H,3H2,1H3. The summed E-state index contributed by atoms with van der Waals surface area (Å²) in [5.41, 5.74) is -0.390. The number of rotatable bonds is 2. The molecule has 0 heterocycles. The van der Waals surface area contributed by atoms with Gasteiger partial charge in [0.2, 0.25) is 0 Å². The molecule has 0 spiro atoms. The summed E-state index contributed by atoms with van der Waals surface area (Å²) >= 11 is 5.26. The van der Waals surface area contributed by atoms with Gasteiger partial charge >= 0.3 is 0 Å². The van der Waals surface area contributed by atoms with Crippen LogP contribution in [-0.4, -0.2) is 11.7 Å². The molecule has 0 amide bonds. The van der Waals surface area contributed by atoms with E-state index in [2.05, 4.69) is 0 Å². The molecule has 0 aliphatic heterocycles. The molecular formula is C9H8ClF3O. The third-order valence-electron chi connectivity index (χ3n) is 1.92. The van der Waals surface area contributed by atoms with Crippen LogP contribution in [0.1, 0.15) is 18.4 Å². The monoisotopic (exact) mass is 224 g/mol. The number of benzene rings is 1. The molecule has 1 atom stereocenters. The van der Waals surface area contributed by atoms with Gasteiger partial charge in [-0.15, -0.1) is 0 Å². The van der Waals surface area contributed by atoms with Crippen molar-refractivity contribution in [3.63, 3.8) is 0 Å². The van der Waals surface area contributed by atoms with Gasteiger partial charge in [0.1, 0.15) is 16.7 Å². The molecule has 1 rings (SSSR count). The van der Waals surface area contributed by atoms with E-state index in [1.165, 1.54) is 6.92 Å². The second-order valence-corrected chi connectivity index (χ2v) is 3.34. The van der Waals surface area contributed by atoms with E-state index >= 15 is 0 Å². The first kappa shape index (κ1) is 11.3. The fourth-order valence-electron chi connectivity index (χ4n) is 1.12. The maximum Gasteiger partial charge on any atom is 0.151 e. The lowest BCUT2D eigenvalue weighted by molar-refractivity contribution is 0.267. The van der Waals surface area contributed by atoms with Crippen molar-refractivity contribution in [2.24, 2.45) is 0 Å². The predicted molar refractivity (Wildman–Crippen MR) is 46.8 cm³/mol. The Kier molecular flexibility index (Phi) is 3.39. The molecule has 1 unspecified atom stereocenters. The Balaban J connectivity index is 3.36. The Morgan fingerprint density at radius 1 is 1.36 bits per heavy atom. The summed E-state index contributed by atoms with van der Waals surface area (Å²) in [6, 6.07) is 0.507. The van der Waals surface area contributed by atoms with Gasteiger partial charge in [-0.05, 0) is 0 Å². The smallest absolute Gasteiger partial charge is 0.151 e. The van der Waals surface area contributed by atoms with E-state index in [0.29, 0.717) is 6.07 Å². The molecule has 1 aromatic rings. The molecule has 5 heteroatoms. The highest BCUT2D eigenvalue weighted by Crippen LogP contribution is 2.29. The van der Waals surface area contributed by atoms with Crippen molar-refractivity contribution in [3.8, 4) is 0 Å². The summed E-state index contributed by atoms with van der Waals surface area (Å²) in [7, 11) is 0. The van der Waals surface area contributed by atoms with Crippen LogP contribution >= 0.6 is 11.6 Å². The number of aliphatic hydroxyl groups excluding tert-OH is 1. The van der Waals surface area contributed by atoms with E-state index in [0.717, 1.165) is 0 Å². The van der Waals surface area contributed by atoms with Gasteiger partial charge in [-0.3, -0.25) is 0 Å². The highest BCUT2D eigenvalue weighted by molar-refractivity contribution is 6.30. The van der Waals surface area contributed by atoms with Crippen LogP contribution in [0.15, 0.2) is 6.07 Å². The van der Waals surface area contributed by atoms with Crippen LogP contribution in [0, 0.1) is 17.5 Å². The molecule has 0 bridgehead atoms. The van der Waals surface area contributed by atoms with E-state index in [-0.39, 0.29) is 5.56 Å². The first-order valence-corrected chi connectivity index (χ1v) is 4.30. The topological polar surface area (TPSA) is 20.2 Å². The summed E-state index contributed by atoms with van der Waals surface area (Å²) < 4.78 is 39.0. The van der Waals surface area contributed by atoms with Gasteiger partial charge in [0.25, 0.3) is 0 Å². The van der Waals surface area contributed by atoms with E-state index in [4.69, 9.17) is 16.7 Å². The molecular weight excluding hydrogens is 217 g/mol. The van der Waals surface area contributed by atoms with Crippen LogP contribution in [0.2, 0.25) is 5.02 Å². The predicted octanol–water partition coefficient (Wildman–Crippen LogP) is 2.85. The molecule has 1 N–H and O–H groups in total. The van der Waals surface area contributed by atoms with Gasteiger partial charge in [0, 0.05) is 24.2 Å². The third-order valence-corrected chi connectivity index (χ3v) is 2.26. The van der Waals surface area contributed by atoms with Gasteiger partial charge in [0.15, 0.2) is 5.82 Å². The van der Waals surface area contributed by atoms with Gasteiger partial charge in [-0.25, -0.2) is 13.2 Å². The summed E-state index contributed by atoms with van der Waals surface area (Å²) in [6.45, 7) is 0.978. The summed E-state index contributed by atoms with van der Waals surface area (Å²) in [5, 5.41) is 7.98. The van der Waals surface area contributed by atoms with Crippen LogP contribution in [0.4, 0.5) is 13.2 Å². The van der Waals surface area contributed by atoms with E-state index in [9.17, 15) is 13.2 Å². The van der Waals surface area contributed by atoms with Gasteiger partial charge in [-0.1, -0.05) is 18.5 Å². The highest BCUT2D eigenvalue weighted by atomic mass is 35.5. The Labute approximate surface area is 84.1 Å². The molecule has 0 saturated heterocycles. The Morgan fingerprint density at radius 2 is 1.93 bits per heavy atom. The van der Waals surface area contributed by atoms with Gasteiger partial charge < -0.3 is 5.11 Å². The number of hydrogen-bond acceptors (Lipinski definition) is 1. The summed E-state index contributed by atoms with van der Waals surface area (Å²) in [6.07, 6.45) is 0. The summed E-state index contributed by atoms with van der Waals surface area (Å²) in [4.78, 5) is 0. The Hall–Kier alpha value is -0.740. The average molecular weight is 225 g/mol. The van der Waals surface area contributed by atoms with Crippen molar-refractivity contribution in [2.75, 3.05) is 6.61 Å². The highest BCUT2D eigenvalue weighted by Gasteiger charge is 2.21. The van der Waals surface area contributed by atoms with Crippen LogP contribution in [0.3, 0.4) is 0 Å². The molecule has 1 nitrogen and oxygen atoms in total. The molecule has 0 fully saturated rings. The fraction of sp³-hybridized carbons (Fsp3) is 0.333. The van der Waals surface area contributed by atoms with E-state index in [1.54, 1.807) is 0 Å². The zero-order valence-electron chi connectivity index (χ0n) is 7.32.